The molecule has 0 N–H and O–H groups in total. The van der Waals surface area contributed by atoms with Crippen LogP contribution >= 0.6 is 0 Å². The summed E-state index contributed by atoms with van der Waals surface area (Å²) >= 11 is 0. The van der Waals surface area contributed by atoms with Gasteiger partial charge in [0.05, 0.1) is 5.56 Å². The van der Waals surface area contributed by atoms with E-state index in [1.165, 1.54) is 11.1 Å². The lowest BCUT2D eigenvalue weighted by atomic mass is 10.1. The normalized spacial score (nSPS) is 14.6. The first kappa shape index (κ1) is 22.1. The maximum Gasteiger partial charge on any atom is 0.276 e. The number of ether oxygens (including phenoxy) is 1. The van der Waals surface area contributed by atoms with Gasteiger partial charge in [-0.3, -0.25) is 9.69 Å². The highest BCUT2D eigenvalue weighted by atomic mass is 16.5. The van der Waals surface area contributed by atoms with Crippen LogP contribution in [-0.4, -0.2) is 47.0 Å². The van der Waals surface area contributed by atoms with Crippen LogP contribution in [0.2, 0.25) is 0 Å². The molecule has 0 aliphatic carbocycles. The molecular formula is C26H31N3O3. The van der Waals surface area contributed by atoms with Crippen LogP contribution in [0.3, 0.4) is 0 Å². The van der Waals surface area contributed by atoms with Gasteiger partial charge in [-0.2, -0.15) is 0 Å². The summed E-state index contributed by atoms with van der Waals surface area (Å²) < 4.78 is 11.5. The zero-order valence-corrected chi connectivity index (χ0v) is 19.4. The van der Waals surface area contributed by atoms with Gasteiger partial charge in [0.25, 0.3) is 5.91 Å². The number of aryl methyl sites for hydroxylation is 4. The average Bonchev–Trinajstić information content (AvgIpc) is 3.15. The molecule has 1 aliphatic rings. The predicted molar refractivity (Wildman–Crippen MR) is 124 cm³/mol. The maximum atomic E-state index is 13.2. The third-order valence-electron chi connectivity index (χ3n) is 6.27. The molecule has 0 radical (unpaired) electrons. The van der Waals surface area contributed by atoms with E-state index in [1.54, 1.807) is 0 Å². The topological polar surface area (TPSA) is 58.8 Å². The molecule has 1 fully saturated rings. The minimum absolute atomic E-state index is 0.0857. The summed E-state index contributed by atoms with van der Waals surface area (Å²) in [5.41, 5.74) is 5.86. The third kappa shape index (κ3) is 4.70. The summed E-state index contributed by atoms with van der Waals surface area (Å²) in [4.78, 5) is 17.5. The Labute approximate surface area is 189 Å². The van der Waals surface area contributed by atoms with Gasteiger partial charge in [-0.1, -0.05) is 47.6 Å². The Bertz CT molecular complexity index is 1080. The largest absolute Gasteiger partial charge is 0.488 e. The first-order chi connectivity index (χ1) is 15.4. The van der Waals surface area contributed by atoms with E-state index in [0.29, 0.717) is 24.5 Å². The molecule has 4 rings (SSSR count). The van der Waals surface area contributed by atoms with E-state index in [4.69, 9.17) is 9.26 Å². The number of rotatable bonds is 6. The summed E-state index contributed by atoms with van der Waals surface area (Å²) in [5, 5.41) is 4.09. The summed E-state index contributed by atoms with van der Waals surface area (Å²) in [6, 6.07) is 14.5. The zero-order chi connectivity index (χ0) is 22.7. The third-order valence-corrected chi connectivity index (χ3v) is 6.27. The minimum Gasteiger partial charge on any atom is -0.488 e. The Morgan fingerprint density at radius 1 is 0.938 bits per heavy atom. The molecule has 0 bridgehead atoms. The molecule has 3 aromatic rings. The lowest BCUT2D eigenvalue weighted by Gasteiger charge is -2.34. The number of carbonyl (C=O) groups excluding carboxylic acids is 1. The molecule has 2 heterocycles. The fraction of sp³-hybridized carbons (Fsp3) is 0.385. The van der Waals surface area contributed by atoms with Crippen LogP contribution in [0.5, 0.6) is 5.75 Å². The number of hydrogen-bond donors (Lipinski definition) is 0. The van der Waals surface area contributed by atoms with Crippen LogP contribution in [0.1, 0.15) is 44.1 Å². The van der Waals surface area contributed by atoms with Gasteiger partial charge in [-0.15, -0.1) is 0 Å². The second-order valence-electron chi connectivity index (χ2n) is 8.57. The van der Waals surface area contributed by atoms with E-state index in [2.05, 4.69) is 41.2 Å². The van der Waals surface area contributed by atoms with Crippen molar-refractivity contribution in [2.24, 2.45) is 0 Å². The molecule has 1 aromatic heterocycles. The van der Waals surface area contributed by atoms with Crippen LogP contribution in [0.15, 0.2) is 47.0 Å². The van der Waals surface area contributed by atoms with Crippen molar-refractivity contribution in [3.8, 4) is 5.75 Å². The highest BCUT2D eigenvalue weighted by Gasteiger charge is 2.28. The number of hydrogen-bond acceptors (Lipinski definition) is 5. The quantitative estimate of drug-likeness (QED) is 0.575. The Morgan fingerprint density at radius 3 is 2.28 bits per heavy atom. The molecule has 32 heavy (non-hydrogen) atoms. The van der Waals surface area contributed by atoms with Crippen molar-refractivity contribution in [2.45, 2.75) is 40.8 Å². The lowest BCUT2D eigenvalue weighted by molar-refractivity contribution is 0.0616. The number of aromatic nitrogens is 1. The summed E-state index contributed by atoms with van der Waals surface area (Å²) in [6.45, 7) is 12.2. The van der Waals surface area contributed by atoms with E-state index in [1.807, 2.05) is 43.9 Å². The van der Waals surface area contributed by atoms with Crippen LogP contribution in [0, 0.1) is 27.7 Å². The van der Waals surface area contributed by atoms with Gasteiger partial charge in [0, 0.05) is 32.7 Å². The van der Waals surface area contributed by atoms with Crippen molar-refractivity contribution in [1.82, 2.24) is 15.0 Å². The molecule has 0 saturated carbocycles. The minimum atomic E-state index is -0.0857. The second-order valence-corrected chi connectivity index (χ2v) is 8.57. The van der Waals surface area contributed by atoms with Gasteiger partial charge in [0.1, 0.15) is 18.1 Å². The first-order valence-electron chi connectivity index (χ1n) is 11.1. The molecule has 0 atom stereocenters. The molecule has 1 aliphatic heterocycles. The maximum absolute atomic E-state index is 13.2. The highest BCUT2D eigenvalue weighted by Crippen LogP contribution is 2.25. The molecule has 6 nitrogen and oxygen atoms in total. The highest BCUT2D eigenvalue weighted by molar-refractivity contribution is 5.93. The average molecular weight is 434 g/mol. The number of para-hydroxylation sites is 1. The SMILES string of the molecule is Cc1ccccc1CN1CCN(C(=O)c2noc(C)c2COc2c(C)cccc2C)CC1. The summed E-state index contributed by atoms with van der Waals surface area (Å²) in [5.74, 6) is 1.38. The van der Waals surface area contributed by atoms with Crippen molar-refractivity contribution in [3.05, 3.63) is 81.7 Å². The van der Waals surface area contributed by atoms with Crippen molar-refractivity contribution < 1.29 is 14.1 Å². The molecule has 1 saturated heterocycles. The Morgan fingerprint density at radius 2 is 1.59 bits per heavy atom. The van der Waals surface area contributed by atoms with E-state index < -0.39 is 0 Å². The molecule has 0 spiro atoms. The van der Waals surface area contributed by atoms with Crippen LogP contribution in [-0.2, 0) is 13.2 Å². The Kier molecular flexibility index (Phi) is 6.61. The van der Waals surface area contributed by atoms with E-state index >= 15 is 0 Å². The van der Waals surface area contributed by atoms with E-state index in [0.717, 1.165) is 42.1 Å². The lowest BCUT2D eigenvalue weighted by Crippen LogP contribution is -2.48. The predicted octanol–water partition coefficient (Wildman–Crippen LogP) is 4.45. The van der Waals surface area contributed by atoms with Crippen LogP contribution in [0.4, 0.5) is 0 Å². The molecule has 6 heteroatoms. The van der Waals surface area contributed by atoms with Crippen molar-refractivity contribution in [2.75, 3.05) is 26.2 Å². The molecule has 1 amide bonds. The standard InChI is InChI=1S/C26H31N3O3/c1-18-8-5-6-11-22(18)16-28-12-14-29(15-13-28)26(30)24-23(21(4)32-27-24)17-31-25-19(2)9-7-10-20(25)3/h5-11H,12-17H2,1-4H3. The number of amides is 1. The first-order valence-corrected chi connectivity index (χ1v) is 11.1. The Balaban J connectivity index is 1.40. The number of benzene rings is 2. The van der Waals surface area contributed by atoms with Gasteiger partial charge in [0.2, 0.25) is 0 Å². The number of piperazine rings is 1. The number of carbonyl (C=O) groups is 1. The van der Waals surface area contributed by atoms with Gasteiger partial charge in [0.15, 0.2) is 5.69 Å². The van der Waals surface area contributed by atoms with Gasteiger partial charge < -0.3 is 14.2 Å². The van der Waals surface area contributed by atoms with Crippen molar-refractivity contribution >= 4 is 5.91 Å². The summed E-state index contributed by atoms with van der Waals surface area (Å²) in [7, 11) is 0. The van der Waals surface area contributed by atoms with Crippen molar-refractivity contribution in [3.63, 3.8) is 0 Å². The van der Waals surface area contributed by atoms with Crippen molar-refractivity contribution in [1.29, 1.82) is 0 Å². The van der Waals surface area contributed by atoms with Gasteiger partial charge in [-0.05, 0) is 49.9 Å². The summed E-state index contributed by atoms with van der Waals surface area (Å²) in [6.07, 6.45) is 0. The van der Waals surface area contributed by atoms with E-state index in [-0.39, 0.29) is 12.5 Å². The van der Waals surface area contributed by atoms with Crippen LogP contribution < -0.4 is 4.74 Å². The molecule has 168 valence electrons. The van der Waals surface area contributed by atoms with E-state index in [9.17, 15) is 4.79 Å². The number of nitrogens with zero attached hydrogens (tertiary/aromatic N) is 3. The fourth-order valence-electron chi connectivity index (χ4n) is 4.19. The van der Waals surface area contributed by atoms with Gasteiger partial charge >= 0.3 is 0 Å². The monoisotopic (exact) mass is 433 g/mol. The van der Waals surface area contributed by atoms with Crippen LogP contribution in [0.25, 0.3) is 0 Å². The Hall–Kier alpha value is -3.12. The molecule has 2 aromatic carbocycles. The van der Waals surface area contributed by atoms with Gasteiger partial charge in [-0.25, -0.2) is 0 Å². The second kappa shape index (κ2) is 9.57. The smallest absolute Gasteiger partial charge is 0.276 e. The zero-order valence-electron chi connectivity index (χ0n) is 19.4. The molecular weight excluding hydrogens is 402 g/mol. The molecule has 0 unspecified atom stereocenters. The fourth-order valence-corrected chi connectivity index (χ4v) is 4.19.